The van der Waals surface area contributed by atoms with Crippen molar-refractivity contribution in [2.75, 3.05) is 14.2 Å². The number of aryl methyl sites for hydroxylation is 1. The molecule has 2 aromatic carbocycles. The summed E-state index contributed by atoms with van der Waals surface area (Å²) in [5, 5.41) is 0. The predicted octanol–water partition coefficient (Wildman–Crippen LogP) is 3.39. The fourth-order valence-corrected chi connectivity index (χ4v) is 1.97. The smallest absolute Gasteiger partial charge is 0.352 e. The van der Waals surface area contributed by atoms with Crippen molar-refractivity contribution in [3.63, 3.8) is 0 Å². The van der Waals surface area contributed by atoms with Gasteiger partial charge in [-0.15, -0.1) is 0 Å². The van der Waals surface area contributed by atoms with Crippen LogP contribution in [0.2, 0.25) is 0 Å². The number of carbonyl (C=O) groups excluding carboxylic acids is 1. The normalized spacial score (nSPS) is 11.5. The highest BCUT2D eigenvalue weighted by Crippen LogP contribution is 2.37. The molecule has 0 spiro atoms. The summed E-state index contributed by atoms with van der Waals surface area (Å²) in [6.45, 7) is 3.61. The van der Waals surface area contributed by atoms with Gasteiger partial charge in [0.15, 0.2) is 17.6 Å². The summed E-state index contributed by atoms with van der Waals surface area (Å²) in [5.41, 5.74) is 1.12. The minimum Gasteiger partial charge on any atom is -0.493 e. The quantitative estimate of drug-likeness (QED) is 0.604. The molecule has 0 aliphatic carbocycles. The summed E-state index contributed by atoms with van der Waals surface area (Å²) < 4.78 is 21.4. The molecule has 2 aromatic rings. The number of benzene rings is 2. The Morgan fingerprint density at radius 1 is 0.957 bits per heavy atom. The minimum absolute atomic E-state index is 0.238. The Hall–Kier alpha value is -2.69. The molecule has 0 fully saturated rings. The molecule has 0 aromatic heterocycles. The molecular formula is C18H20O5. The van der Waals surface area contributed by atoms with Crippen LogP contribution >= 0.6 is 0 Å². The second kappa shape index (κ2) is 7.54. The van der Waals surface area contributed by atoms with Gasteiger partial charge >= 0.3 is 5.97 Å². The van der Waals surface area contributed by atoms with Crippen molar-refractivity contribution < 1.29 is 23.7 Å². The van der Waals surface area contributed by atoms with E-state index in [0.29, 0.717) is 17.2 Å². The van der Waals surface area contributed by atoms with Crippen molar-refractivity contribution in [1.29, 1.82) is 0 Å². The van der Waals surface area contributed by atoms with E-state index in [9.17, 15) is 4.79 Å². The Bertz CT molecular complexity index is 641. The van der Waals surface area contributed by atoms with Crippen LogP contribution in [0.3, 0.4) is 0 Å². The fraction of sp³-hybridized carbons (Fsp3) is 0.278. The molecule has 2 rings (SSSR count). The molecular weight excluding hydrogens is 296 g/mol. The summed E-state index contributed by atoms with van der Waals surface area (Å²) in [6.07, 6.45) is -0.771. The predicted molar refractivity (Wildman–Crippen MR) is 86.5 cm³/mol. The number of para-hydroxylation sites is 1. The first-order valence-corrected chi connectivity index (χ1v) is 7.21. The zero-order valence-electron chi connectivity index (χ0n) is 13.7. The Morgan fingerprint density at radius 3 is 2.04 bits per heavy atom. The molecule has 122 valence electrons. The van der Waals surface area contributed by atoms with Crippen LogP contribution in [-0.2, 0) is 4.79 Å². The van der Waals surface area contributed by atoms with Crippen LogP contribution in [-0.4, -0.2) is 26.3 Å². The van der Waals surface area contributed by atoms with Gasteiger partial charge in [-0.05, 0) is 38.1 Å². The number of hydrogen-bond acceptors (Lipinski definition) is 5. The Morgan fingerprint density at radius 2 is 1.52 bits per heavy atom. The molecule has 0 saturated heterocycles. The zero-order valence-corrected chi connectivity index (χ0v) is 13.7. The average molecular weight is 316 g/mol. The van der Waals surface area contributed by atoms with E-state index in [-0.39, 0.29) is 5.75 Å². The highest BCUT2D eigenvalue weighted by atomic mass is 16.6. The summed E-state index contributed by atoms with van der Waals surface area (Å²) in [4.78, 5) is 12.3. The lowest BCUT2D eigenvalue weighted by molar-refractivity contribution is -0.141. The van der Waals surface area contributed by atoms with Crippen LogP contribution in [0.5, 0.6) is 23.0 Å². The Balaban J connectivity index is 2.10. The van der Waals surface area contributed by atoms with Crippen molar-refractivity contribution in [2.45, 2.75) is 20.0 Å². The molecule has 0 bridgehead atoms. The largest absolute Gasteiger partial charge is 0.493 e. The molecule has 0 aliphatic heterocycles. The van der Waals surface area contributed by atoms with E-state index in [1.807, 2.05) is 31.2 Å². The van der Waals surface area contributed by atoms with Gasteiger partial charge in [0.1, 0.15) is 5.75 Å². The van der Waals surface area contributed by atoms with Gasteiger partial charge in [0.05, 0.1) is 14.2 Å². The monoisotopic (exact) mass is 316 g/mol. The van der Waals surface area contributed by atoms with Crippen molar-refractivity contribution in [1.82, 2.24) is 0 Å². The van der Waals surface area contributed by atoms with Crippen molar-refractivity contribution in [2.24, 2.45) is 0 Å². The maximum absolute atomic E-state index is 12.3. The van der Waals surface area contributed by atoms with E-state index < -0.39 is 12.1 Å². The van der Waals surface area contributed by atoms with E-state index in [1.54, 1.807) is 25.1 Å². The van der Waals surface area contributed by atoms with Gasteiger partial charge in [-0.1, -0.05) is 23.8 Å². The van der Waals surface area contributed by atoms with Crippen LogP contribution in [0, 0.1) is 6.92 Å². The number of carbonyl (C=O) groups is 1. The third-order valence-electron chi connectivity index (χ3n) is 3.25. The van der Waals surface area contributed by atoms with Crippen molar-refractivity contribution in [3.05, 3.63) is 48.0 Å². The van der Waals surface area contributed by atoms with Gasteiger partial charge in [0, 0.05) is 0 Å². The van der Waals surface area contributed by atoms with Crippen LogP contribution in [0.25, 0.3) is 0 Å². The second-order valence-corrected chi connectivity index (χ2v) is 4.99. The van der Waals surface area contributed by atoms with E-state index in [2.05, 4.69) is 0 Å². The number of hydrogen-bond donors (Lipinski definition) is 0. The fourth-order valence-electron chi connectivity index (χ4n) is 1.97. The van der Waals surface area contributed by atoms with Crippen LogP contribution < -0.4 is 18.9 Å². The summed E-state index contributed by atoms with van der Waals surface area (Å²) in [6, 6.07) is 12.6. The number of esters is 1. The Kier molecular flexibility index (Phi) is 5.46. The molecule has 0 heterocycles. The Labute approximate surface area is 135 Å². The molecule has 1 atom stereocenters. The van der Waals surface area contributed by atoms with Crippen LogP contribution in [0.15, 0.2) is 42.5 Å². The van der Waals surface area contributed by atoms with Gasteiger partial charge in [-0.2, -0.15) is 0 Å². The SMILES string of the molecule is COc1cccc(OC)c1OC(=O)[C@@H](C)Oc1ccc(C)cc1. The molecule has 0 unspecified atom stereocenters. The highest BCUT2D eigenvalue weighted by Gasteiger charge is 2.21. The lowest BCUT2D eigenvalue weighted by atomic mass is 10.2. The van der Waals surface area contributed by atoms with Crippen molar-refractivity contribution >= 4 is 5.97 Å². The molecule has 0 aliphatic rings. The van der Waals surface area contributed by atoms with E-state index in [1.165, 1.54) is 14.2 Å². The first kappa shape index (κ1) is 16.7. The lowest BCUT2D eigenvalue weighted by Crippen LogP contribution is -2.28. The highest BCUT2D eigenvalue weighted by molar-refractivity contribution is 5.78. The number of methoxy groups -OCH3 is 2. The molecule has 0 N–H and O–H groups in total. The second-order valence-electron chi connectivity index (χ2n) is 4.99. The van der Waals surface area contributed by atoms with E-state index in [0.717, 1.165) is 5.56 Å². The van der Waals surface area contributed by atoms with Gasteiger partial charge in [-0.3, -0.25) is 0 Å². The molecule has 23 heavy (non-hydrogen) atoms. The third-order valence-corrected chi connectivity index (χ3v) is 3.25. The molecule has 0 radical (unpaired) electrons. The van der Waals surface area contributed by atoms with Gasteiger partial charge in [0.25, 0.3) is 0 Å². The first-order chi connectivity index (χ1) is 11.0. The van der Waals surface area contributed by atoms with Crippen LogP contribution in [0.1, 0.15) is 12.5 Å². The third kappa shape index (κ3) is 4.16. The number of ether oxygens (including phenoxy) is 4. The maximum atomic E-state index is 12.3. The van der Waals surface area contributed by atoms with E-state index in [4.69, 9.17) is 18.9 Å². The van der Waals surface area contributed by atoms with Gasteiger partial charge in [0.2, 0.25) is 5.75 Å². The standard InChI is InChI=1S/C18H20O5/c1-12-8-10-14(11-9-12)22-13(2)18(19)23-17-15(20-3)6-5-7-16(17)21-4/h5-11,13H,1-4H3/t13-/m1/s1. The summed E-state index contributed by atoms with van der Waals surface area (Å²) in [5.74, 6) is 1.14. The topological polar surface area (TPSA) is 54.0 Å². The molecule has 5 nitrogen and oxygen atoms in total. The van der Waals surface area contributed by atoms with Crippen LogP contribution in [0.4, 0.5) is 0 Å². The van der Waals surface area contributed by atoms with Crippen molar-refractivity contribution in [3.8, 4) is 23.0 Å². The van der Waals surface area contributed by atoms with Gasteiger partial charge < -0.3 is 18.9 Å². The molecule has 0 saturated carbocycles. The minimum atomic E-state index is -0.771. The summed E-state index contributed by atoms with van der Waals surface area (Å²) >= 11 is 0. The molecule has 0 amide bonds. The molecule has 5 heteroatoms. The lowest BCUT2D eigenvalue weighted by Gasteiger charge is -2.16. The average Bonchev–Trinajstić information content (AvgIpc) is 2.56. The summed E-state index contributed by atoms with van der Waals surface area (Å²) in [7, 11) is 3.00. The van der Waals surface area contributed by atoms with E-state index >= 15 is 0 Å². The number of rotatable bonds is 6. The zero-order chi connectivity index (χ0) is 16.8. The maximum Gasteiger partial charge on any atom is 0.352 e. The van der Waals surface area contributed by atoms with Gasteiger partial charge in [-0.25, -0.2) is 4.79 Å². The first-order valence-electron chi connectivity index (χ1n) is 7.21.